The van der Waals surface area contributed by atoms with Crippen molar-refractivity contribution in [2.45, 2.75) is 45.2 Å². The Hall–Kier alpha value is -0.820. The van der Waals surface area contributed by atoms with Crippen molar-refractivity contribution in [1.29, 1.82) is 0 Å². The number of hydrogen-bond acceptors (Lipinski definition) is 1. The molecule has 1 aromatic carbocycles. The van der Waals surface area contributed by atoms with Crippen LogP contribution < -0.4 is 5.32 Å². The van der Waals surface area contributed by atoms with Gasteiger partial charge in [0, 0.05) is 12.6 Å². The zero-order chi connectivity index (χ0) is 9.97. The first kappa shape index (κ1) is 9.72. The summed E-state index contributed by atoms with van der Waals surface area (Å²) >= 11 is 0. The molecule has 1 heteroatoms. The van der Waals surface area contributed by atoms with Crippen molar-refractivity contribution in [1.82, 2.24) is 5.32 Å². The molecule has 0 saturated carbocycles. The van der Waals surface area contributed by atoms with Gasteiger partial charge in [-0.05, 0) is 30.4 Å². The average molecular weight is 189 g/mol. The minimum absolute atomic E-state index is 0.629. The second kappa shape index (κ2) is 4.14. The van der Waals surface area contributed by atoms with Gasteiger partial charge in [0.15, 0.2) is 0 Å². The third-order valence-electron chi connectivity index (χ3n) is 3.27. The molecular weight excluding hydrogens is 170 g/mol. The zero-order valence-electron chi connectivity index (χ0n) is 9.09. The van der Waals surface area contributed by atoms with Gasteiger partial charge in [-0.1, -0.05) is 37.6 Å². The lowest BCUT2D eigenvalue weighted by Crippen LogP contribution is -2.36. The first-order valence-corrected chi connectivity index (χ1v) is 5.64. The van der Waals surface area contributed by atoms with E-state index in [9.17, 15) is 0 Å². The number of benzene rings is 1. The molecule has 1 nitrogen and oxygen atoms in total. The van der Waals surface area contributed by atoms with Crippen LogP contribution in [0, 0.1) is 0 Å². The third-order valence-corrected chi connectivity index (χ3v) is 3.27. The molecule has 76 valence electrons. The number of rotatable bonds is 2. The maximum atomic E-state index is 3.57. The van der Waals surface area contributed by atoms with E-state index in [-0.39, 0.29) is 0 Å². The standard InChI is InChI=1S/C13H19N/c1-3-6-12-10(2)14-9-11-7-4-5-8-13(11)12/h4-5,7-8,10,12,14H,3,6,9H2,1-2H3. The smallest absolute Gasteiger partial charge is 0.0211 e. The van der Waals surface area contributed by atoms with Gasteiger partial charge in [0.05, 0.1) is 0 Å². The minimum atomic E-state index is 0.629. The third kappa shape index (κ3) is 1.69. The van der Waals surface area contributed by atoms with Crippen molar-refractivity contribution < 1.29 is 0 Å². The van der Waals surface area contributed by atoms with E-state index < -0.39 is 0 Å². The maximum absolute atomic E-state index is 3.57. The van der Waals surface area contributed by atoms with Crippen LogP contribution in [0.15, 0.2) is 24.3 Å². The molecule has 0 fully saturated rings. The summed E-state index contributed by atoms with van der Waals surface area (Å²) in [6.07, 6.45) is 2.57. The highest BCUT2D eigenvalue weighted by molar-refractivity contribution is 5.33. The SMILES string of the molecule is CCCC1c2ccccc2CNC1C. The Bertz CT molecular complexity index is 306. The lowest BCUT2D eigenvalue weighted by atomic mass is 9.83. The van der Waals surface area contributed by atoms with Gasteiger partial charge in [-0.15, -0.1) is 0 Å². The van der Waals surface area contributed by atoms with Crippen LogP contribution in [0.1, 0.15) is 43.7 Å². The summed E-state index contributed by atoms with van der Waals surface area (Å²) in [5.41, 5.74) is 3.06. The number of hydrogen-bond donors (Lipinski definition) is 1. The molecule has 1 aromatic rings. The summed E-state index contributed by atoms with van der Waals surface area (Å²) in [4.78, 5) is 0. The van der Waals surface area contributed by atoms with Crippen LogP contribution in [0.5, 0.6) is 0 Å². The number of fused-ring (bicyclic) bond motifs is 1. The van der Waals surface area contributed by atoms with E-state index in [4.69, 9.17) is 0 Å². The summed E-state index contributed by atoms with van der Waals surface area (Å²) in [5.74, 6) is 0.713. The van der Waals surface area contributed by atoms with E-state index in [1.807, 2.05) is 0 Å². The minimum Gasteiger partial charge on any atom is -0.310 e. The van der Waals surface area contributed by atoms with Gasteiger partial charge >= 0.3 is 0 Å². The maximum Gasteiger partial charge on any atom is 0.0211 e. The molecule has 0 aromatic heterocycles. The van der Waals surface area contributed by atoms with E-state index in [0.717, 1.165) is 6.54 Å². The van der Waals surface area contributed by atoms with Crippen molar-refractivity contribution >= 4 is 0 Å². The van der Waals surface area contributed by atoms with Gasteiger partial charge in [-0.3, -0.25) is 0 Å². The Kier molecular flexibility index (Phi) is 2.87. The van der Waals surface area contributed by atoms with Gasteiger partial charge in [-0.2, -0.15) is 0 Å². The second-order valence-corrected chi connectivity index (χ2v) is 4.26. The van der Waals surface area contributed by atoms with Crippen LogP contribution in [-0.4, -0.2) is 6.04 Å². The van der Waals surface area contributed by atoms with Crippen molar-refractivity contribution in [3.8, 4) is 0 Å². The summed E-state index contributed by atoms with van der Waals surface area (Å²) in [5, 5.41) is 3.57. The lowest BCUT2D eigenvalue weighted by Gasteiger charge is -2.32. The molecule has 0 aliphatic carbocycles. The van der Waals surface area contributed by atoms with E-state index in [1.165, 1.54) is 18.4 Å². The molecular formula is C13H19N. The summed E-state index contributed by atoms with van der Waals surface area (Å²) in [6.45, 7) is 5.61. The van der Waals surface area contributed by atoms with Gasteiger partial charge in [0.2, 0.25) is 0 Å². The van der Waals surface area contributed by atoms with Crippen LogP contribution in [0.4, 0.5) is 0 Å². The highest BCUT2D eigenvalue weighted by atomic mass is 14.9. The number of nitrogens with one attached hydrogen (secondary N) is 1. The van der Waals surface area contributed by atoms with Crippen LogP contribution in [0.2, 0.25) is 0 Å². The molecule has 2 atom stereocenters. The first-order chi connectivity index (χ1) is 6.83. The molecule has 0 spiro atoms. The van der Waals surface area contributed by atoms with E-state index in [0.29, 0.717) is 12.0 Å². The summed E-state index contributed by atoms with van der Waals surface area (Å²) in [6, 6.07) is 9.48. The predicted octanol–water partition coefficient (Wildman–Crippen LogP) is 3.06. The quantitative estimate of drug-likeness (QED) is 0.754. The molecule has 1 aliphatic rings. The topological polar surface area (TPSA) is 12.0 Å². The molecule has 1 N–H and O–H groups in total. The van der Waals surface area contributed by atoms with Crippen molar-refractivity contribution in [3.05, 3.63) is 35.4 Å². The molecule has 14 heavy (non-hydrogen) atoms. The fraction of sp³-hybridized carbons (Fsp3) is 0.538. The summed E-state index contributed by atoms with van der Waals surface area (Å²) in [7, 11) is 0. The van der Waals surface area contributed by atoms with E-state index in [1.54, 1.807) is 5.56 Å². The zero-order valence-corrected chi connectivity index (χ0v) is 9.09. The van der Waals surface area contributed by atoms with Crippen molar-refractivity contribution in [2.24, 2.45) is 0 Å². The fourth-order valence-electron chi connectivity index (χ4n) is 2.46. The molecule has 1 heterocycles. The van der Waals surface area contributed by atoms with Crippen LogP contribution in [0.3, 0.4) is 0 Å². The van der Waals surface area contributed by atoms with Gasteiger partial charge in [0.1, 0.15) is 0 Å². The van der Waals surface area contributed by atoms with E-state index >= 15 is 0 Å². The molecule has 0 radical (unpaired) electrons. The lowest BCUT2D eigenvalue weighted by molar-refractivity contribution is 0.406. The molecule has 0 amide bonds. The van der Waals surface area contributed by atoms with Gasteiger partial charge in [0.25, 0.3) is 0 Å². The fourth-order valence-corrected chi connectivity index (χ4v) is 2.46. The van der Waals surface area contributed by atoms with Gasteiger partial charge in [-0.25, -0.2) is 0 Å². The largest absolute Gasteiger partial charge is 0.310 e. The molecule has 0 saturated heterocycles. The highest BCUT2D eigenvalue weighted by Crippen LogP contribution is 2.31. The normalized spacial score (nSPS) is 25.9. The first-order valence-electron chi connectivity index (χ1n) is 5.64. The Morgan fingerprint density at radius 2 is 2.14 bits per heavy atom. The van der Waals surface area contributed by atoms with Crippen molar-refractivity contribution in [2.75, 3.05) is 0 Å². The summed E-state index contributed by atoms with van der Waals surface area (Å²) < 4.78 is 0. The Labute approximate surface area is 86.5 Å². The molecule has 1 aliphatic heterocycles. The van der Waals surface area contributed by atoms with Crippen LogP contribution in [0.25, 0.3) is 0 Å². The van der Waals surface area contributed by atoms with Crippen LogP contribution in [-0.2, 0) is 6.54 Å². The highest BCUT2D eigenvalue weighted by Gasteiger charge is 2.24. The Morgan fingerprint density at radius 1 is 1.36 bits per heavy atom. The predicted molar refractivity (Wildman–Crippen MR) is 60.4 cm³/mol. The Balaban J connectivity index is 2.31. The monoisotopic (exact) mass is 189 g/mol. The molecule has 2 unspecified atom stereocenters. The second-order valence-electron chi connectivity index (χ2n) is 4.26. The average Bonchev–Trinajstić information content (AvgIpc) is 2.23. The van der Waals surface area contributed by atoms with E-state index in [2.05, 4.69) is 43.4 Å². The van der Waals surface area contributed by atoms with Crippen molar-refractivity contribution in [3.63, 3.8) is 0 Å². The molecule has 2 rings (SSSR count). The Morgan fingerprint density at radius 3 is 2.93 bits per heavy atom. The van der Waals surface area contributed by atoms with Gasteiger partial charge < -0.3 is 5.32 Å². The van der Waals surface area contributed by atoms with Crippen LogP contribution >= 0.6 is 0 Å². The molecule has 0 bridgehead atoms.